The smallest absolute Gasteiger partial charge is 0.135 e. The maximum atomic E-state index is 5.10. The Bertz CT molecular complexity index is 3840. The predicted octanol–water partition coefficient (Wildman–Crippen LogP) is 16.3. The van der Waals surface area contributed by atoms with Crippen molar-refractivity contribution < 1.29 is 21.1 Å². The third-order valence-corrected chi connectivity index (χ3v) is 15.2. The van der Waals surface area contributed by atoms with E-state index in [0.29, 0.717) is 0 Å². The fourth-order valence-corrected chi connectivity index (χ4v) is 12.0. The monoisotopic (exact) mass is 1110 g/mol. The molecular weight excluding hydrogens is 1060 g/mol. The van der Waals surface area contributed by atoms with Gasteiger partial charge < -0.3 is 19.3 Å². The molecule has 0 unspecified atom stereocenters. The van der Waals surface area contributed by atoms with Crippen LogP contribution in [0.25, 0.3) is 61.0 Å². The van der Waals surface area contributed by atoms with Crippen LogP contribution in [-0.2, 0) is 31.9 Å². The van der Waals surface area contributed by atoms with Crippen molar-refractivity contribution in [3.63, 3.8) is 0 Å². The molecule has 1 spiro atoms. The number of hydrogen-bond donors (Lipinski definition) is 0. The molecule has 0 saturated carbocycles. The van der Waals surface area contributed by atoms with Gasteiger partial charge in [-0.2, -0.15) is 6.07 Å². The summed E-state index contributed by atoms with van der Waals surface area (Å²) in [6.45, 7) is 9.03. The Balaban J connectivity index is 0.00000504. The Morgan fingerprint density at radius 2 is 1.08 bits per heavy atom. The number of fused-ring (bicyclic) bond motifs is 8. The molecule has 0 amide bonds. The Kier molecular flexibility index (Phi) is 10.1. The van der Waals surface area contributed by atoms with Gasteiger partial charge in [0.15, 0.2) is 0 Å². The zero-order valence-electron chi connectivity index (χ0n) is 40.3. The second-order valence-electron chi connectivity index (χ2n) is 20.1. The second kappa shape index (κ2) is 16.6. The molecule has 0 radical (unpaired) electrons. The molecule has 2 aliphatic carbocycles. The van der Waals surface area contributed by atoms with Gasteiger partial charge in [-0.3, -0.25) is 0 Å². The van der Waals surface area contributed by atoms with E-state index in [9.17, 15) is 0 Å². The summed E-state index contributed by atoms with van der Waals surface area (Å²) in [5.41, 5.74) is 21.3. The van der Waals surface area contributed by atoms with E-state index in [1.807, 2.05) is 6.20 Å². The fraction of sp³-hybridized carbons (Fsp3) is 0.0909. The summed E-state index contributed by atoms with van der Waals surface area (Å²) >= 11 is 0. The number of anilines is 6. The quantitative estimate of drug-likeness (QED) is 0.149. The Labute approximate surface area is 435 Å². The van der Waals surface area contributed by atoms with Gasteiger partial charge in [-0.25, -0.2) is 4.98 Å². The standard InChI is InChI=1S/C66H48N5.Pt/c1-65(2,3)45-36-37-67-61(38-45)71-59-35-19-32-55-62(59)63-56(66(55)53-30-13-11-26-51(53)52-27-12-14-31-54(52)66)40-48(41-60(63)71)68(4)46-24-17-25-47(39-46)69-42-70(58-34-16-15-33-57(58)69)64-49(43-20-7-5-8-21-43)28-18-29-50(64)44-22-9-6-10-23-44;/h5-38,40,42H,1-4H3;/q-3;. The van der Waals surface area contributed by atoms with Crippen molar-refractivity contribution >= 4 is 55.9 Å². The number of nitrogens with zero attached hydrogens (tertiary/aromatic N) is 5. The van der Waals surface area contributed by atoms with Gasteiger partial charge in [0.1, 0.15) is 5.82 Å². The average molecular weight is 1110 g/mol. The van der Waals surface area contributed by atoms with E-state index in [-0.39, 0.29) is 26.5 Å². The number of pyridine rings is 1. The van der Waals surface area contributed by atoms with Crippen molar-refractivity contribution in [1.82, 2.24) is 9.55 Å². The van der Waals surface area contributed by atoms with E-state index in [1.54, 1.807) is 0 Å². The third kappa shape index (κ3) is 6.33. The normalized spacial score (nSPS) is 13.7. The third-order valence-electron chi connectivity index (χ3n) is 15.2. The largest absolute Gasteiger partial charge is 0.493 e. The summed E-state index contributed by atoms with van der Waals surface area (Å²) in [6, 6.07) is 82.9. The van der Waals surface area contributed by atoms with Gasteiger partial charge >= 0.3 is 0 Å². The van der Waals surface area contributed by atoms with E-state index in [0.717, 1.165) is 73.2 Å². The van der Waals surface area contributed by atoms with Crippen LogP contribution in [0.5, 0.6) is 0 Å². The minimum absolute atomic E-state index is 0. The molecule has 0 atom stereocenters. The molecule has 0 N–H and O–H groups in total. The van der Waals surface area contributed by atoms with Crippen LogP contribution in [0.3, 0.4) is 0 Å². The van der Waals surface area contributed by atoms with Crippen LogP contribution < -0.4 is 14.7 Å². The maximum Gasteiger partial charge on any atom is 0.135 e. The van der Waals surface area contributed by atoms with Gasteiger partial charge in [-0.1, -0.05) is 195 Å². The van der Waals surface area contributed by atoms with Gasteiger partial charge in [-0.15, -0.1) is 48.3 Å². The molecular formula is C66H48N5Pt-3. The summed E-state index contributed by atoms with van der Waals surface area (Å²) in [5.74, 6) is 0.894. The summed E-state index contributed by atoms with van der Waals surface area (Å²) in [7, 11) is 2.16. The summed E-state index contributed by atoms with van der Waals surface area (Å²) < 4.78 is 2.35. The van der Waals surface area contributed by atoms with Crippen LogP contribution in [0, 0.1) is 18.8 Å². The molecule has 2 aromatic heterocycles. The number of benzene rings is 9. The molecule has 3 aliphatic rings. The first-order valence-corrected chi connectivity index (χ1v) is 24.5. The maximum absolute atomic E-state index is 5.10. The van der Waals surface area contributed by atoms with Gasteiger partial charge in [-0.05, 0) is 85.6 Å². The van der Waals surface area contributed by atoms with E-state index >= 15 is 0 Å². The van der Waals surface area contributed by atoms with E-state index in [2.05, 4.69) is 272 Å². The van der Waals surface area contributed by atoms with Crippen molar-refractivity contribution in [2.75, 3.05) is 21.7 Å². The van der Waals surface area contributed by atoms with E-state index in [4.69, 9.17) is 4.98 Å². The minimum atomic E-state index is -0.516. The minimum Gasteiger partial charge on any atom is -0.493 e. The summed E-state index contributed by atoms with van der Waals surface area (Å²) in [5, 5.41) is 2.50. The molecule has 11 aromatic rings. The molecule has 5 nitrogen and oxygen atoms in total. The van der Waals surface area contributed by atoms with Crippen LogP contribution in [0.4, 0.5) is 34.1 Å². The van der Waals surface area contributed by atoms with Crippen LogP contribution in [0.1, 0.15) is 48.6 Å². The van der Waals surface area contributed by atoms with Gasteiger partial charge in [0.2, 0.25) is 0 Å². The Morgan fingerprint density at radius 1 is 0.514 bits per heavy atom. The number of aromatic nitrogens is 2. The summed E-state index contributed by atoms with van der Waals surface area (Å²) in [4.78, 5) is 12.0. The first-order valence-electron chi connectivity index (χ1n) is 24.5. The predicted molar refractivity (Wildman–Crippen MR) is 293 cm³/mol. The molecule has 9 aromatic carbocycles. The Hall–Kier alpha value is -7.98. The molecule has 0 saturated heterocycles. The first kappa shape index (κ1) is 44.0. The van der Waals surface area contributed by atoms with Crippen molar-refractivity contribution in [3.8, 4) is 39.2 Å². The SMILES string of the molecule is CN(c1[c-]c(N2[CH-]N(c3c(-c4ccccc4)cccc3-c3ccccc3)c3ccccc32)ccc1)c1[c-]c2c3c(c1)C1(c4ccccc4-c4ccccc41)c1cccc(c13)n2-c1cc(C(C)(C)C)ccn1.[Pt]. The van der Waals surface area contributed by atoms with Gasteiger partial charge in [0.25, 0.3) is 0 Å². The zero-order valence-corrected chi connectivity index (χ0v) is 42.6. The fourth-order valence-electron chi connectivity index (χ4n) is 12.0. The molecule has 6 heteroatoms. The van der Waals surface area contributed by atoms with E-state index < -0.39 is 5.41 Å². The molecule has 0 bridgehead atoms. The van der Waals surface area contributed by atoms with Crippen LogP contribution in [0.2, 0.25) is 0 Å². The topological polar surface area (TPSA) is 27.5 Å². The molecule has 3 heterocycles. The van der Waals surface area contributed by atoms with Crippen LogP contribution >= 0.6 is 0 Å². The van der Waals surface area contributed by atoms with Crippen molar-refractivity contribution in [2.45, 2.75) is 31.6 Å². The summed E-state index contributed by atoms with van der Waals surface area (Å²) in [6.07, 6.45) is 1.96. The molecule has 350 valence electrons. The first-order chi connectivity index (χ1) is 34.8. The second-order valence-corrected chi connectivity index (χ2v) is 20.1. The van der Waals surface area contributed by atoms with Crippen molar-refractivity contribution in [3.05, 3.63) is 259 Å². The zero-order chi connectivity index (χ0) is 47.6. The van der Waals surface area contributed by atoms with Crippen LogP contribution in [0.15, 0.2) is 212 Å². The Morgan fingerprint density at radius 3 is 1.75 bits per heavy atom. The molecule has 1 aliphatic heterocycles. The molecule has 0 fully saturated rings. The number of para-hydroxylation sites is 3. The van der Waals surface area contributed by atoms with Crippen molar-refractivity contribution in [1.29, 1.82) is 0 Å². The van der Waals surface area contributed by atoms with Gasteiger partial charge in [0.05, 0.1) is 0 Å². The number of rotatable bonds is 7. The average Bonchev–Trinajstić information content (AvgIpc) is 4.15. The molecule has 72 heavy (non-hydrogen) atoms. The van der Waals surface area contributed by atoms with E-state index in [1.165, 1.54) is 49.7 Å². The van der Waals surface area contributed by atoms with Crippen LogP contribution in [-0.4, -0.2) is 16.6 Å². The van der Waals surface area contributed by atoms with Gasteiger partial charge in [0, 0.05) is 73.4 Å². The molecule has 14 rings (SSSR count). The van der Waals surface area contributed by atoms with Crippen molar-refractivity contribution in [2.24, 2.45) is 0 Å². The number of hydrogen-bond acceptors (Lipinski definition) is 4.